The normalized spacial score (nSPS) is 22.9. The van der Waals surface area contributed by atoms with Crippen LogP contribution in [0.15, 0.2) is 0 Å². The second-order valence-electron chi connectivity index (χ2n) is 4.70. The Kier molecular flexibility index (Phi) is 6.96. The van der Waals surface area contributed by atoms with Gasteiger partial charge in [-0.05, 0) is 19.3 Å². The van der Waals surface area contributed by atoms with Gasteiger partial charge in [-0.1, -0.05) is 13.8 Å². The van der Waals surface area contributed by atoms with Crippen LogP contribution >= 0.6 is 0 Å². The van der Waals surface area contributed by atoms with Crippen LogP contribution in [0.1, 0.15) is 33.1 Å². The van der Waals surface area contributed by atoms with Gasteiger partial charge in [0.05, 0.1) is 19.3 Å². The number of ether oxygens (including phenoxy) is 2. The summed E-state index contributed by atoms with van der Waals surface area (Å²) >= 11 is 0. The largest absolute Gasteiger partial charge is 0.395 e. The van der Waals surface area contributed by atoms with Crippen molar-refractivity contribution in [3.63, 3.8) is 0 Å². The van der Waals surface area contributed by atoms with Crippen molar-refractivity contribution in [2.75, 3.05) is 26.4 Å². The van der Waals surface area contributed by atoms with E-state index in [9.17, 15) is 0 Å². The van der Waals surface area contributed by atoms with Crippen molar-refractivity contribution in [1.29, 1.82) is 0 Å². The molecule has 0 aromatic rings. The molecular weight excluding hydrogens is 206 g/mol. The van der Waals surface area contributed by atoms with Crippen molar-refractivity contribution in [2.45, 2.75) is 51.3 Å². The monoisotopic (exact) mass is 231 g/mol. The van der Waals surface area contributed by atoms with Crippen molar-refractivity contribution in [1.82, 2.24) is 5.32 Å². The van der Waals surface area contributed by atoms with Gasteiger partial charge in [0.15, 0.2) is 0 Å². The van der Waals surface area contributed by atoms with Crippen molar-refractivity contribution < 1.29 is 14.6 Å². The summed E-state index contributed by atoms with van der Waals surface area (Å²) in [7, 11) is 0. The SMILES string of the molecule is CC(C)NC(CO)CCOCC1CCCO1. The van der Waals surface area contributed by atoms with E-state index in [1.165, 1.54) is 0 Å². The molecule has 4 heteroatoms. The Labute approximate surface area is 98.3 Å². The van der Waals surface area contributed by atoms with E-state index >= 15 is 0 Å². The third-order valence-corrected chi connectivity index (χ3v) is 2.73. The fourth-order valence-corrected chi connectivity index (χ4v) is 1.91. The molecule has 1 saturated heterocycles. The minimum absolute atomic E-state index is 0.143. The molecule has 0 radical (unpaired) electrons. The molecular formula is C12H25NO3. The molecule has 1 heterocycles. The average Bonchev–Trinajstić information content (AvgIpc) is 2.74. The summed E-state index contributed by atoms with van der Waals surface area (Å²) in [5, 5.41) is 12.4. The second kappa shape index (κ2) is 8.01. The van der Waals surface area contributed by atoms with Crippen LogP contribution in [-0.2, 0) is 9.47 Å². The maximum Gasteiger partial charge on any atom is 0.0809 e. The maximum absolute atomic E-state index is 9.14. The molecule has 1 rings (SSSR count). The van der Waals surface area contributed by atoms with Gasteiger partial charge in [0, 0.05) is 25.3 Å². The van der Waals surface area contributed by atoms with Gasteiger partial charge in [-0.3, -0.25) is 0 Å². The van der Waals surface area contributed by atoms with Gasteiger partial charge >= 0.3 is 0 Å². The fourth-order valence-electron chi connectivity index (χ4n) is 1.91. The molecule has 4 nitrogen and oxygen atoms in total. The van der Waals surface area contributed by atoms with Gasteiger partial charge in [-0.2, -0.15) is 0 Å². The molecule has 2 unspecified atom stereocenters. The van der Waals surface area contributed by atoms with E-state index in [1.54, 1.807) is 0 Å². The lowest BCUT2D eigenvalue weighted by Crippen LogP contribution is -2.38. The van der Waals surface area contributed by atoms with Gasteiger partial charge in [0.2, 0.25) is 0 Å². The highest BCUT2D eigenvalue weighted by atomic mass is 16.5. The first-order valence-corrected chi connectivity index (χ1v) is 6.28. The highest BCUT2D eigenvalue weighted by molar-refractivity contribution is 4.68. The lowest BCUT2D eigenvalue weighted by Gasteiger charge is -2.19. The molecule has 0 amide bonds. The number of rotatable bonds is 8. The van der Waals surface area contributed by atoms with Gasteiger partial charge < -0.3 is 19.9 Å². The van der Waals surface area contributed by atoms with E-state index < -0.39 is 0 Å². The van der Waals surface area contributed by atoms with Crippen LogP contribution in [0.25, 0.3) is 0 Å². The fraction of sp³-hybridized carbons (Fsp3) is 1.00. The number of hydrogen-bond donors (Lipinski definition) is 2. The third-order valence-electron chi connectivity index (χ3n) is 2.73. The van der Waals surface area contributed by atoms with Crippen LogP contribution < -0.4 is 5.32 Å². The van der Waals surface area contributed by atoms with E-state index in [4.69, 9.17) is 14.6 Å². The smallest absolute Gasteiger partial charge is 0.0809 e. The van der Waals surface area contributed by atoms with Gasteiger partial charge in [0.1, 0.15) is 0 Å². The summed E-state index contributed by atoms with van der Waals surface area (Å²) in [6.07, 6.45) is 3.42. The maximum atomic E-state index is 9.14. The first-order chi connectivity index (χ1) is 7.72. The molecule has 1 fully saturated rings. The molecule has 1 aliphatic rings. The van der Waals surface area contributed by atoms with Crippen molar-refractivity contribution in [2.24, 2.45) is 0 Å². The highest BCUT2D eigenvalue weighted by Crippen LogP contribution is 2.12. The molecule has 0 aromatic heterocycles. The summed E-state index contributed by atoms with van der Waals surface area (Å²) in [6, 6.07) is 0.541. The van der Waals surface area contributed by atoms with Crippen LogP contribution in [0.5, 0.6) is 0 Å². The Bertz CT molecular complexity index is 170. The van der Waals surface area contributed by atoms with Crippen LogP contribution in [-0.4, -0.2) is 49.7 Å². The van der Waals surface area contributed by atoms with Gasteiger partial charge in [-0.15, -0.1) is 0 Å². The molecule has 0 aromatic carbocycles. The summed E-state index contributed by atoms with van der Waals surface area (Å²) in [5.41, 5.74) is 0. The molecule has 2 atom stereocenters. The zero-order valence-corrected chi connectivity index (χ0v) is 10.4. The zero-order chi connectivity index (χ0) is 11.8. The third kappa shape index (κ3) is 5.80. The predicted octanol–water partition coefficient (Wildman–Crippen LogP) is 0.931. The summed E-state index contributed by atoms with van der Waals surface area (Å²) in [4.78, 5) is 0. The minimum Gasteiger partial charge on any atom is -0.395 e. The van der Waals surface area contributed by atoms with Crippen LogP contribution in [0.3, 0.4) is 0 Å². The number of nitrogens with one attached hydrogen (secondary N) is 1. The van der Waals surface area contributed by atoms with Crippen molar-refractivity contribution in [3.05, 3.63) is 0 Å². The van der Waals surface area contributed by atoms with Gasteiger partial charge in [-0.25, -0.2) is 0 Å². The Morgan fingerprint density at radius 3 is 2.88 bits per heavy atom. The average molecular weight is 231 g/mol. The standard InChI is InChI=1S/C12H25NO3/c1-10(2)13-11(8-14)5-7-15-9-12-4-3-6-16-12/h10-14H,3-9H2,1-2H3. The first-order valence-electron chi connectivity index (χ1n) is 6.28. The van der Waals surface area contributed by atoms with E-state index in [2.05, 4.69) is 19.2 Å². The molecule has 0 bridgehead atoms. The molecule has 96 valence electrons. The lowest BCUT2D eigenvalue weighted by atomic mass is 10.2. The van der Waals surface area contributed by atoms with E-state index in [1.807, 2.05) is 0 Å². The van der Waals surface area contributed by atoms with Crippen LogP contribution in [0.4, 0.5) is 0 Å². The molecule has 0 saturated carbocycles. The Morgan fingerprint density at radius 1 is 1.50 bits per heavy atom. The Balaban J connectivity index is 1.99. The number of aliphatic hydroxyl groups is 1. The molecule has 2 N–H and O–H groups in total. The Morgan fingerprint density at radius 2 is 2.31 bits per heavy atom. The minimum atomic E-state index is 0.143. The molecule has 16 heavy (non-hydrogen) atoms. The molecule has 0 aliphatic carbocycles. The molecule has 0 spiro atoms. The van der Waals surface area contributed by atoms with E-state index in [0.29, 0.717) is 25.4 Å². The Hall–Kier alpha value is -0.160. The first kappa shape index (κ1) is 13.9. The zero-order valence-electron chi connectivity index (χ0n) is 10.4. The highest BCUT2D eigenvalue weighted by Gasteiger charge is 2.15. The summed E-state index contributed by atoms with van der Waals surface area (Å²) in [5.74, 6) is 0. The lowest BCUT2D eigenvalue weighted by molar-refractivity contribution is 0.0129. The van der Waals surface area contributed by atoms with E-state index in [0.717, 1.165) is 25.9 Å². The summed E-state index contributed by atoms with van der Waals surface area (Å²) in [6.45, 7) is 6.58. The quantitative estimate of drug-likeness (QED) is 0.610. The van der Waals surface area contributed by atoms with Gasteiger partial charge in [0.25, 0.3) is 0 Å². The van der Waals surface area contributed by atoms with Crippen LogP contribution in [0.2, 0.25) is 0 Å². The summed E-state index contributed by atoms with van der Waals surface area (Å²) < 4.78 is 11.0. The second-order valence-corrected chi connectivity index (χ2v) is 4.70. The van der Waals surface area contributed by atoms with Crippen molar-refractivity contribution >= 4 is 0 Å². The van der Waals surface area contributed by atoms with Crippen molar-refractivity contribution in [3.8, 4) is 0 Å². The number of hydrogen-bond acceptors (Lipinski definition) is 4. The predicted molar refractivity (Wildman–Crippen MR) is 63.6 cm³/mol. The van der Waals surface area contributed by atoms with E-state index in [-0.39, 0.29) is 12.6 Å². The topological polar surface area (TPSA) is 50.7 Å². The molecule has 1 aliphatic heterocycles. The van der Waals surface area contributed by atoms with Crippen LogP contribution in [0, 0.1) is 0 Å². The number of aliphatic hydroxyl groups excluding tert-OH is 1.